The number of amides is 2. The molecule has 2 N–H and O–H groups in total. The summed E-state index contributed by atoms with van der Waals surface area (Å²) in [6, 6.07) is 5.81. The molecule has 1 aromatic carbocycles. The number of thiazole rings is 1. The first-order valence-electron chi connectivity index (χ1n) is 13.6. The maximum Gasteiger partial charge on any atom is 0.283 e. The van der Waals surface area contributed by atoms with Crippen LogP contribution in [0.4, 0.5) is 0 Å². The van der Waals surface area contributed by atoms with Crippen LogP contribution in [-0.2, 0) is 32.5 Å². The maximum atomic E-state index is 13.8. The van der Waals surface area contributed by atoms with Crippen LogP contribution in [0, 0.1) is 5.21 Å². The van der Waals surface area contributed by atoms with Crippen molar-refractivity contribution in [2.24, 2.45) is 0 Å². The quantitative estimate of drug-likeness (QED) is 0.402. The van der Waals surface area contributed by atoms with Crippen molar-refractivity contribution < 1.29 is 27.8 Å². The van der Waals surface area contributed by atoms with Crippen LogP contribution < -0.4 is 5.06 Å². The summed E-state index contributed by atoms with van der Waals surface area (Å²) >= 11 is 7.31. The number of nitrogens with one attached hydrogen (secondary N) is 2. The number of H-pyrrole nitrogens is 1. The van der Waals surface area contributed by atoms with E-state index in [1.165, 1.54) is 15.6 Å². The van der Waals surface area contributed by atoms with Crippen molar-refractivity contribution in [2.45, 2.75) is 43.4 Å². The standard InChI is InChI=1S/C26H31ClN6O6S2/c1-16-10-21-22(15-33(16)36)40-25(29-21)26(35)32-5-4-31(14-19(32)13-24(34)30-6-8-39-9-7-30)41(37,38)23-12-17-11-18(27)2-3-20(17)28-23/h2-3,11-12,16,19,28,33H,4-10,13-15H2,1H3. The zero-order valence-corrected chi connectivity index (χ0v) is 24.9. The molecule has 15 heteroatoms. The molecule has 0 radical (unpaired) electrons. The molecule has 3 aliphatic rings. The number of hydrogen-bond donors (Lipinski definition) is 2. The number of piperazine rings is 1. The number of rotatable bonds is 5. The Kier molecular flexibility index (Phi) is 7.82. The molecule has 41 heavy (non-hydrogen) atoms. The van der Waals surface area contributed by atoms with Crippen molar-refractivity contribution in [1.82, 2.24) is 24.1 Å². The summed E-state index contributed by atoms with van der Waals surface area (Å²) in [5, 5.41) is 13.8. The summed E-state index contributed by atoms with van der Waals surface area (Å²) in [4.78, 5) is 38.7. The number of fused-ring (bicyclic) bond motifs is 2. The van der Waals surface area contributed by atoms with E-state index in [1.54, 1.807) is 34.1 Å². The number of halogens is 1. The average molecular weight is 623 g/mol. The van der Waals surface area contributed by atoms with Crippen LogP contribution in [-0.4, -0.2) is 102 Å². The zero-order chi connectivity index (χ0) is 28.9. The van der Waals surface area contributed by atoms with Crippen LogP contribution >= 0.6 is 22.9 Å². The Morgan fingerprint density at radius 2 is 2.00 bits per heavy atom. The molecule has 2 aromatic heterocycles. The van der Waals surface area contributed by atoms with Gasteiger partial charge in [-0.25, -0.2) is 13.4 Å². The predicted molar refractivity (Wildman–Crippen MR) is 152 cm³/mol. The molecule has 0 bridgehead atoms. The lowest BCUT2D eigenvalue weighted by Gasteiger charge is -2.41. The molecular formula is C26H31ClN6O6S2. The van der Waals surface area contributed by atoms with E-state index in [4.69, 9.17) is 16.3 Å². The lowest BCUT2D eigenvalue weighted by atomic mass is 10.1. The normalized spacial score (nSPS) is 24.0. The lowest BCUT2D eigenvalue weighted by Crippen LogP contribution is -3.10. The SMILES string of the molecule is CC1Cc2nc(C(=O)N3CCN(S(=O)(=O)c4cc5cc(Cl)ccc5[nH]4)CC3CC(=O)N3CCOCC3)sc2C[NH+]1[O-]. The maximum absolute atomic E-state index is 13.8. The van der Waals surface area contributed by atoms with Gasteiger partial charge < -0.3 is 29.8 Å². The Hall–Kier alpha value is -2.59. The van der Waals surface area contributed by atoms with Crippen molar-refractivity contribution in [3.63, 3.8) is 0 Å². The first-order valence-corrected chi connectivity index (χ1v) is 16.2. The van der Waals surface area contributed by atoms with Gasteiger partial charge >= 0.3 is 0 Å². The third-order valence-corrected chi connectivity index (χ3v) is 11.1. The molecule has 2 saturated heterocycles. The molecule has 2 amide bonds. The smallest absolute Gasteiger partial charge is 0.283 e. The van der Waals surface area contributed by atoms with Gasteiger partial charge in [0.2, 0.25) is 5.91 Å². The largest absolute Gasteiger partial charge is 0.634 e. The number of morpholine rings is 1. The first-order chi connectivity index (χ1) is 19.6. The number of sulfonamides is 1. The minimum atomic E-state index is -3.96. The highest BCUT2D eigenvalue weighted by molar-refractivity contribution is 7.89. The molecular weight excluding hydrogens is 592 g/mol. The first kappa shape index (κ1) is 28.5. The number of aromatic amines is 1. The Bertz CT molecular complexity index is 1560. The number of aromatic nitrogens is 2. The molecule has 0 aliphatic carbocycles. The molecule has 3 unspecified atom stereocenters. The number of ether oxygens (including phenoxy) is 1. The van der Waals surface area contributed by atoms with E-state index in [1.807, 2.05) is 6.92 Å². The molecule has 3 aromatic rings. The van der Waals surface area contributed by atoms with E-state index in [0.29, 0.717) is 48.6 Å². The van der Waals surface area contributed by atoms with Gasteiger partial charge in [0.25, 0.3) is 15.9 Å². The van der Waals surface area contributed by atoms with Gasteiger partial charge in [-0.3, -0.25) is 9.59 Å². The van der Waals surface area contributed by atoms with E-state index in [9.17, 15) is 23.2 Å². The minimum absolute atomic E-state index is 0.0270. The van der Waals surface area contributed by atoms with Gasteiger partial charge in [-0.1, -0.05) is 11.6 Å². The minimum Gasteiger partial charge on any atom is -0.634 e. The van der Waals surface area contributed by atoms with Gasteiger partial charge in [-0.15, -0.1) is 11.3 Å². The number of hydrogen-bond acceptors (Lipinski definition) is 8. The fraction of sp³-hybridized carbons (Fsp3) is 0.500. The summed E-state index contributed by atoms with van der Waals surface area (Å²) in [7, 11) is -3.96. The summed E-state index contributed by atoms with van der Waals surface area (Å²) < 4.78 is 34.1. The van der Waals surface area contributed by atoms with Crippen LogP contribution in [0.5, 0.6) is 0 Å². The fourth-order valence-electron chi connectivity index (χ4n) is 5.62. The molecule has 0 saturated carbocycles. The van der Waals surface area contributed by atoms with Crippen LogP contribution in [0.1, 0.15) is 33.7 Å². The molecule has 3 aliphatic heterocycles. The van der Waals surface area contributed by atoms with Gasteiger partial charge in [0, 0.05) is 61.5 Å². The van der Waals surface area contributed by atoms with Crippen LogP contribution in [0.25, 0.3) is 10.9 Å². The number of nitrogens with zero attached hydrogens (tertiary/aromatic N) is 4. The number of benzene rings is 1. The molecule has 5 heterocycles. The monoisotopic (exact) mass is 622 g/mol. The van der Waals surface area contributed by atoms with Crippen molar-refractivity contribution in [2.75, 3.05) is 45.9 Å². The number of carbonyl (C=O) groups is 2. The summed E-state index contributed by atoms with van der Waals surface area (Å²) in [5.74, 6) is -0.505. The van der Waals surface area contributed by atoms with E-state index in [0.717, 1.165) is 10.6 Å². The molecule has 6 rings (SSSR count). The van der Waals surface area contributed by atoms with E-state index in [-0.39, 0.29) is 65.6 Å². The van der Waals surface area contributed by atoms with Gasteiger partial charge in [0.1, 0.15) is 11.6 Å². The van der Waals surface area contributed by atoms with Gasteiger partial charge in [-0.2, -0.15) is 4.31 Å². The lowest BCUT2D eigenvalue weighted by molar-refractivity contribution is -0.889. The fourth-order valence-corrected chi connectivity index (χ4v) is 8.34. The number of carbonyl (C=O) groups excluding carboxylic acids is 2. The highest BCUT2D eigenvalue weighted by Crippen LogP contribution is 2.29. The van der Waals surface area contributed by atoms with Crippen LogP contribution in [0.3, 0.4) is 0 Å². The van der Waals surface area contributed by atoms with Gasteiger partial charge in [0.05, 0.1) is 35.9 Å². The second kappa shape index (κ2) is 11.2. The van der Waals surface area contributed by atoms with Crippen molar-refractivity contribution >= 4 is 55.7 Å². The summed E-state index contributed by atoms with van der Waals surface area (Å²) in [6.07, 6.45) is 0.472. The summed E-state index contributed by atoms with van der Waals surface area (Å²) in [5.41, 5.74) is 1.41. The van der Waals surface area contributed by atoms with Gasteiger partial charge in [-0.05, 0) is 31.2 Å². The Morgan fingerprint density at radius 1 is 1.22 bits per heavy atom. The highest BCUT2D eigenvalue weighted by atomic mass is 35.5. The topological polar surface area (TPSA) is 143 Å². The third-order valence-electron chi connectivity index (χ3n) is 8.00. The second-order valence-corrected chi connectivity index (χ2v) is 14.1. The highest BCUT2D eigenvalue weighted by Gasteiger charge is 2.40. The van der Waals surface area contributed by atoms with E-state index >= 15 is 0 Å². The Labute approximate surface area is 246 Å². The van der Waals surface area contributed by atoms with Crippen LogP contribution in [0.15, 0.2) is 29.3 Å². The number of quaternary nitrogens is 1. The molecule has 0 spiro atoms. The van der Waals surface area contributed by atoms with Crippen LogP contribution in [0.2, 0.25) is 5.02 Å². The van der Waals surface area contributed by atoms with Gasteiger partial charge in [0.15, 0.2) is 5.01 Å². The van der Waals surface area contributed by atoms with E-state index in [2.05, 4.69) is 9.97 Å². The Morgan fingerprint density at radius 3 is 2.78 bits per heavy atom. The predicted octanol–water partition coefficient (Wildman–Crippen LogP) is 0.869. The molecule has 2 fully saturated rings. The second-order valence-electron chi connectivity index (χ2n) is 10.7. The van der Waals surface area contributed by atoms with E-state index < -0.39 is 16.1 Å². The molecule has 3 atom stereocenters. The average Bonchev–Trinajstić information content (AvgIpc) is 3.57. The van der Waals surface area contributed by atoms with Crippen molar-refractivity contribution in [3.8, 4) is 0 Å². The number of hydroxylamine groups is 2. The zero-order valence-electron chi connectivity index (χ0n) is 22.5. The molecule has 12 nitrogen and oxygen atoms in total. The summed E-state index contributed by atoms with van der Waals surface area (Å²) in [6.45, 7) is 4.02. The van der Waals surface area contributed by atoms with Crippen molar-refractivity contribution in [3.05, 3.63) is 50.1 Å². The van der Waals surface area contributed by atoms with Crippen molar-refractivity contribution in [1.29, 1.82) is 0 Å². The molecule has 220 valence electrons. The Balaban J connectivity index is 1.27. The third kappa shape index (κ3) is 5.61.